The van der Waals surface area contributed by atoms with Crippen LogP contribution in [0.25, 0.3) is 0 Å². The Morgan fingerprint density at radius 3 is 2.43 bits per heavy atom. The van der Waals surface area contributed by atoms with Crippen molar-refractivity contribution in [2.24, 2.45) is 17.1 Å². The average molecular weight is 320 g/mol. The maximum atomic E-state index is 13.0. The summed E-state index contributed by atoms with van der Waals surface area (Å²) in [5.74, 6) is -0.746. The van der Waals surface area contributed by atoms with Gasteiger partial charge in [0.05, 0.1) is 6.04 Å². The molecule has 1 aromatic rings. The number of carbonyl (C=O) groups is 2. The summed E-state index contributed by atoms with van der Waals surface area (Å²) >= 11 is 0. The highest BCUT2D eigenvalue weighted by atomic mass is 19.1. The number of Topliss-reactive ketones (excluding diaryl/α,β-unsaturated/α-hetero) is 1. The molecule has 1 aliphatic rings. The van der Waals surface area contributed by atoms with Gasteiger partial charge in [-0.2, -0.15) is 0 Å². The van der Waals surface area contributed by atoms with Crippen LogP contribution in [0.1, 0.15) is 44.0 Å². The zero-order valence-corrected chi connectivity index (χ0v) is 14.0. The van der Waals surface area contributed by atoms with Crippen LogP contribution in [0, 0.1) is 17.2 Å². The molecule has 1 saturated heterocycles. The van der Waals surface area contributed by atoms with E-state index in [2.05, 4.69) is 0 Å². The Hall–Kier alpha value is -1.75. The van der Waals surface area contributed by atoms with E-state index in [0.29, 0.717) is 18.7 Å². The second-order valence-electron chi connectivity index (χ2n) is 7.34. The molecule has 1 fully saturated rings. The van der Waals surface area contributed by atoms with Gasteiger partial charge in [0.15, 0.2) is 5.78 Å². The predicted octanol–water partition coefficient (Wildman–Crippen LogP) is 2.62. The lowest BCUT2D eigenvalue weighted by Crippen LogP contribution is -2.53. The van der Waals surface area contributed by atoms with Gasteiger partial charge in [-0.25, -0.2) is 4.39 Å². The molecule has 2 N–H and O–H groups in total. The molecule has 0 aromatic heterocycles. The Balaban J connectivity index is 2.07. The number of ketones is 1. The van der Waals surface area contributed by atoms with Crippen LogP contribution in [0.3, 0.4) is 0 Å². The van der Waals surface area contributed by atoms with Gasteiger partial charge in [-0.15, -0.1) is 0 Å². The zero-order chi connectivity index (χ0) is 17.2. The quantitative estimate of drug-likeness (QED) is 0.871. The Bertz CT molecular complexity index is 578. The maximum absolute atomic E-state index is 13.0. The molecule has 0 saturated carbocycles. The normalized spacial score (nSPS) is 20.2. The number of nitrogens with zero attached hydrogens (tertiary/aromatic N) is 1. The van der Waals surface area contributed by atoms with Crippen LogP contribution in [-0.4, -0.2) is 35.7 Å². The van der Waals surface area contributed by atoms with E-state index in [0.717, 1.165) is 12.8 Å². The highest BCUT2D eigenvalue weighted by molar-refractivity contribution is 5.98. The van der Waals surface area contributed by atoms with E-state index in [1.54, 1.807) is 4.90 Å². The third-order valence-corrected chi connectivity index (χ3v) is 4.43. The molecule has 1 unspecified atom stereocenters. The highest BCUT2D eigenvalue weighted by Crippen LogP contribution is 2.25. The summed E-state index contributed by atoms with van der Waals surface area (Å²) in [5.41, 5.74) is 6.23. The largest absolute Gasteiger partial charge is 0.341 e. The minimum atomic E-state index is -0.581. The molecular formula is C18H25FN2O2. The minimum absolute atomic E-state index is 0.0353. The van der Waals surface area contributed by atoms with Gasteiger partial charge in [0, 0.05) is 24.6 Å². The molecule has 0 bridgehead atoms. The third kappa shape index (κ3) is 4.16. The molecule has 5 heteroatoms. The van der Waals surface area contributed by atoms with Crippen molar-refractivity contribution in [3.8, 4) is 0 Å². The molecule has 0 radical (unpaired) electrons. The molecule has 1 aromatic carbocycles. The average Bonchev–Trinajstić information content (AvgIpc) is 2.52. The summed E-state index contributed by atoms with van der Waals surface area (Å²) < 4.78 is 13.0. The first-order valence-electron chi connectivity index (χ1n) is 8.04. The Kier molecular flexibility index (Phi) is 5.19. The summed E-state index contributed by atoms with van der Waals surface area (Å²) in [6, 6.07) is 4.99. The maximum Gasteiger partial charge on any atom is 0.240 e. The Morgan fingerprint density at radius 2 is 1.87 bits per heavy atom. The van der Waals surface area contributed by atoms with E-state index in [1.807, 2.05) is 20.8 Å². The Labute approximate surface area is 136 Å². The second kappa shape index (κ2) is 6.79. The van der Waals surface area contributed by atoms with Gasteiger partial charge in [0.1, 0.15) is 5.82 Å². The summed E-state index contributed by atoms with van der Waals surface area (Å²) in [4.78, 5) is 26.8. The lowest BCUT2D eigenvalue weighted by Gasteiger charge is -2.36. The van der Waals surface area contributed by atoms with Crippen molar-refractivity contribution in [1.29, 1.82) is 0 Å². The predicted molar refractivity (Wildman–Crippen MR) is 87.5 cm³/mol. The second-order valence-corrected chi connectivity index (χ2v) is 7.34. The van der Waals surface area contributed by atoms with E-state index >= 15 is 0 Å². The fourth-order valence-corrected chi connectivity index (χ4v) is 2.81. The summed E-state index contributed by atoms with van der Waals surface area (Å²) in [6.45, 7) is 6.82. The standard InChI is InChI=1S/C18H25FN2O2/c1-18(2,3)16(20)17(23)21-10-4-5-13(11-21)15(22)12-6-8-14(19)9-7-12/h6-9,13,16H,4-5,10-11,20H2,1-3H3/t13?,16-/m1/s1. The fraction of sp³-hybridized carbons (Fsp3) is 0.556. The van der Waals surface area contributed by atoms with Crippen molar-refractivity contribution in [2.75, 3.05) is 13.1 Å². The lowest BCUT2D eigenvalue weighted by atomic mass is 9.85. The van der Waals surface area contributed by atoms with Crippen molar-refractivity contribution in [3.63, 3.8) is 0 Å². The molecule has 4 nitrogen and oxygen atoms in total. The Morgan fingerprint density at radius 1 is 1.26 bits per heavy atom. The molecule has 2 rings (SSSR count). The number of halogens is 1. The van der Waals surface area contributed by atoms with Gasteiger partial charge in [-0.05, 0) is 42.5 Å². The zero-order valence-electron chi connectivity index (χ0n) is 14.0. The van der Waals surface area contributed by atoms with Crippen molar-refractivity contribution in [2.45, 2.75) is 39.7 Å². The van der Waals surface area contributed by atoms with E-state index in [4.69, 9.17) is 5.73 Å². The molecule has 1 amide bonds. The number of rotatable bonds is 3. The molecular weight excluding hydrogens is 295 g/mol. The lowest BCUT2D eigenvalue weighted by molar-refractivity contribution is -0.136. The van der Waals surface area contributed by atoms with Crippen LogP contribution in [0.4, 0.5) is 4.39 Å². The number of likely N-dealkylation sites (tertiary alicyclic amines) is 1. The van der Waals surface area contributed by atoms with E-state index in [9.17, 15) is 14.0 Å². The van der Waals surface area contributed by atoms with Crippen LogP contribution in [0.15, 0.2) is 24.3 Å². The third-order valence-electron chi connectivity index (χ3n) is 4.43. The molecule has 23 heavy (non-hydrogen) atoms. The van der Waals surface area contributed by atoms with E-state index in [-0.39, 0.29) is 28.8 Å². The minimum Gasteiger partial charge on any atom is -0.341 e. The molecule has 1 heterocycles. The number of piperidine rings is 1. The van der Waals surface area contributed by atoms with Crippen LogP contribution >= 0.6 is 0 Å². The van der Waals surface area contributed by atoms with Crippen molar-refractivity contribution in [3.05, 3.63) is 35.6 Å². The topological polar surface area (TPSA) is 63.4 Å². The molecule has 0 aliphatic carbocycles. The van der Waals surface area contributed by atoms with Gasteiger partial charge in [0.2, 0.25) is 5.91 Å². The van der Waals surface area contributed by atoms with E-state index in [1.165, 1.54) is 24.3 Å². The molecule has 2 atom stereocenters. The van der Waals surface area contributed by atoms with Gasteiger partial charge >= 0.3 is 0 Å². The fourth-order valence-electron chi connectivity index (χ4n) is 2.81. The van der Waals surface area contributed by atoms with Crippen LogP contribution in [-0.2, 0) is 4.79 Å². The first-order valence-corrected chi connectivity index (χ1v) is 8.04. The summed E-state index contributed by atoms with van der Waals surface area (Å²) in [6.07, 6.45) is 1.52. The first-order chi connectivity index (χ1) is 10.7. The smallest absolute Gasteiger partial charge is 0.240 e. The summed E-state index contributed by atoms with van der Waals surface area (Å²) in [7, 11) is 0. The van der Waals surface area contributed by atoms with Gasteiger partial charge in [-0.1, -0.05) is 20.8 Å². The number of hydrogen-bond acceptors (Lipinski definition) is 3. The first kappa shape index (κ1) is 17.6. The van der Waals surface area contributed by atoms with Crippen LogP contribution in [0.2, 0.25) is 0 Å². The van der Waals surface area contributed by atoms with Gasteiger partial charge in [-0.3, -0.25) is 9.59 Å². The van der Waals surface area contributed by atoms with Gasteiger partial charge < -0.3 is 10.6 Å². The van der Waals surface area contributed by atoms with E-state index < -0.39 is 6.04 Å². The highest BCUT2D eigenvalue weighted by Gasteiger charge is 2.35. The monoisotopic (exact) mass is 320 g/mol. The van der Waals surface area contributed by atoms with Crippen molar-refractivity contribution >= 4 is 11.7 Å². The number of nitrogens with two attached hydrogens (primary N) is 1. The van der Waals surface area contributed by atoms with Gasteiger partial charge in [0.25, 0.3) is 0 Å². The van der Waals surface area contributed by atoms with Crippen molar-refractivity contribution < 1.29 is 14.0 Å². The summed E-state index contributed by atoms with van der Waals surface area (Å²) in [5, 5.41) is 0. The number of amides is 1. The number of benzene rings is 1. The van der Waals surface area contributed by atoms with Crippen LogP contribution < -0.4 is 5.73 Å². The van der Waals surface area contributed by atoms with Crippen molar-refractivity contribution in [1.82, 2.24) is 4.90 Å². The number of carbonyl (C=O) groups excluding carboxylic acids is 2. The molecule has 0 spiro atoms. The molecule has 126 valence electrons. The SMILES string of the molecule is CC(C)(C)[C@H](N)C(=O)N1CCCC(C(=O)c2ccc(F)cc2)C1. The van der Waals surface area contributed by atoms with Crippen LogP contribution in [0.5, 0.6) is 0 Å². The molecule has 1 aliphatic heterocycles. The number of hydrogen-bond donors (Lipinski definition) is 1.